The molecule has 0 aromatic carbocycles. The van der Waals surface area contributed by atoms with E-state index in [9.17, 15) is 4.55 Å². The first-order chi connectivity index (χ1) is 12.4. The predicted molar refractivity (Wildman–Crippen MR) is 107 cm³/mol. The number of nitrogen functional groups attached to an aromatic ring is 1. The van der Waals surface area contributed by atoms with Crippen molar-refractivity contribution in [1.29, 1.82) is 0 Å². The highest BCUT2D eigenvalue weighted by atomic mass is 32.2. The molecule has 0 radical (unpaired) electrons. The van der Waals surface area contributed by atoms with Gasteiger partial charge in [0.2, 0.25) is 4.21 Å². The summed E-state index contributed by atoms with van der Waals surface area (Å²) in [6.45, 7) is 6.50. The molecule has 0 fully saturated rings. The van der Waals surface area contributed by atoms with Crippen molar-refractivity contribution in [3.05, 3.63) is 29.8 Å². The van der Waals surface area contributed by atoms with Crippen LogP contribution in [0.25, 0.3) is 21.5 Å². The van der Waals surface area contributed by atoms with Crippen molar-refractivity contribution in [2.75, 3.05) is 25.2 Å². The van der Waals surface area contributed by atoms with E-state index in [4.69, 9.17) is 15.5 Å². The van der Waals surface area contributed by atoms with Crippen molar-refractivity contribution in [1.82, 2.24) is 15.0 Å². The number of fused-ring (bicyclic) bond motifs is 1. The van der Waals surface area contributed by atoms with Crippen molar-refractivity contribution in [3.63, 3.8) is 0 Å². The van der Waals surface area contributed by atoms with Crippen LogP contribution in [0.1, 0.15) is 31.2 Å². The third-order valence-electron chi connectivity index (χ3n) is 4.07. The van der Waals surface area contributed by atoms with Crippen LogP contribution in [-0.4, -0.2) is 39.0 Å². The van der Waals surface area contributed by atoms with E-state index in [0.29, 0.717) is 22.3 Å². The van der Waals surface area contributed by atoms with Gasteiger partial charge in [0.1, 0.15) is 22.1 Å². The molecular weight excluding hydrogens is 368 g/mol. The van der Waals surface area contributed by atoms with E-state index in [2.05, 4.69) is 23.8 Å². The summed E-state index contributed by atoms with van der Waals surface area (Å²) in [5.41, 5.74) is 9.69. The number of ether oxygens (including phenoxy) is 1. The van der Waals surface area contributed by atoms with Crippen molar-refractivity contribution in [2.45, 2.75) is 30.9 Å². The Morgan fingerprint density at radius 1 is 1.31 bits per heavy atom. The lowest BCUT2D eigenvalue weighted by molar-refractivity contribution is 0.217. The Hall–Kier alpha value is -1.74. The summed E-state index contributed by atoms with van der Waals surface area (Å²) >= 11 is 0.194. The highest BCUT2D eigenvalue weighted by Crippen LogP contribution is 2.41. The molecule has 26 heavy (non-hydrogen) atoms. The van der Waals surface area contributed by atoms with E-state index >= 15 is 0 Å². The van der Waals surface area contributed by atoms with Crippen LogP contribution in [0, 0.1) is 6.92 Å². The molecule has 0 saturated carbocycles. The number of rotatable bonds is 6. The second-order valence-electron chi connectivity index (χ2n) is 6.30. The summed E-state index contributed by atoms with van der Waals surface area (Å²) in [7, 11) is 1.60. The van der Waals surface area contributed by atoms with Gasteiger partial charge in [0, 0.05) is 41.6 Å². The second kappa shape index (κ2) is 7.87. The molecule has 0 saturated heterocycles. The molecule has 6 nitrogen and oxygen atoms in total. The fraction of sp³-hybridized carbons (Fsp3) is 0.389. The minimum atomic E-state index is -1.20. The smallest absolute Gasteiger partial charge is 0.232 e. The third-order valence-corrected chi connectivity index (χ3v) is 6.95. The van der Waals surface area contributed by atoms with Gasteiger partial charge in [-0.2, -0.15) is 0 Å². The number of aromatic nitrogens is 3. The maximum Gasteiger partial charge on any atom is 0.232 e. The molecule has 0 bridgehead atoms. The lowest BCUT2D eigenvalue weighted by Gasteiger charge is -2.11. The van der Waals surface area contributed by atoms with Gasteiger partial charge in [-0.3, -0.25) is 0 Å². The molecule has 3 heterocycles. The first kappa shape index (κ1) is 19.0. The van der Waals surface area contributed by atoms with Gasteiger partial charge in [-0.1, -0.05) is 25.2 Å². The Morgan fingerprint density at radius 3 is 2.62 bits per heavy atom. The van der Waals surface area contributed by atoms with Gasteiger partial charge in [0.25, 0.3) is 0 Å². The van der Waals surface area contributed by atoms with Gasteiger partial charge in [-0.25, -0.2) is 15.0 Å². The van der Waals surface area contributed by atoms with E-state index in [-0.39, 0.29) is 5.92 Å². The number of aryl methyl sites for hydroxylation is 1. The number of thiophene rings is 1. The Labute approximate surface area is 160 Å². The molecule has 0 aliphatic rings. The molecule has 3 rings (SSSR count). The van der Waals surface area contributed by atoms with Gasteiger partial charge in [0.15, 0.2) is 0 Å². The SMILES string of the molecule is COCC[S@@+]([O-])c1sc2nc(-c3cnc(C)nc3)cc(C(C)C)c2c1N. The summed E-state index contributed by atoms with van der Waals surface area (Å²) in [4.78, 5) is 14.1. The van der Waals surface area contributed by atoms with Crippen LogP contribution in [0.5, 0.6) is 0 Å². The third kappa shape index (κ3) is 3.68. The summed E-state index contributed by atoms with van der Waals surface area (Å²) in [6, 6.07) is 2.03. The van der Waals surface area contributed by atoms with Crippen molar-refractivity contribution in [2.24, 2.45) is 0 Å². The average molecular weight is 391 g/mol. The van der Waals surface area contributed by atoms with Gasteiger partial charge in [-0.15, -0.1) is 0 Å². The quantitative estimate of drug-likeness (QED) is 0.647. The Kier molecular flexibility index (Phi) is 5.76. The maximum atomic E-state index is 12.6. The second-order valence-corrected chi connectivity index (χ2v) is 9.06. The molecule has 3 aromatic heterocycles. The van der Waals surface area contributed by atoms with E-state index in [0.717, 1.165) is 32.9 Å². The number of nitrogens with zero attached hydrogens (tertiary/aromatic N) is 3. The minimum absolute atomic E-state index is 0.253. The molecule has 0 amide bonds. The number of pyridine rings is 1. The van der Waals surface area contributed by atoms with Gasteiger partial charge in [0.05, 0.1) is 12.3 Å². The Morgan fingerprint density at radius 2 is 2.00 bits per heavy atom. The largest absolute Gasteiger partial charge is 0.611 e. The van der Waals surface area contributed by atoms with Crippen LogP contribution in [0.2, 0.25) is 0 Å². The fourth-order valence-electron chi connectivity index (χ4n) is 2.68. The van der Waals surface area contributed by atoms with Crippen LogP contribution in [0.4, 0.5) is 5.69 Å². The molecule has 0 aliphatic carbocycles. The van der Waals surface area contributed by atoms with E-state index in [1.807, 2.05) is 13.0 Å². The average Bonchev–Trinajstić information content (AvgIpc) is 2.96. The van der Waals surface area contributed by atoms with Crippen molar-refractivity contribution >= 4 is 38.4 Å². The van der Waals surface area contributed by atoms with Gasteiger partial charge >= 0.3 is 0 Å². The monoisotopic (exact) mass is 390 g/mol. The molecule has 1 atom stereocenters. The van der Waals surface area contributed by atoms with Crippen LogP contribution in [0.3, 0.4) is 0 Å². The maximum absolute atomic E-state index is 12.6. The molecule has 0 spiro atoms. The fourth-order valence-corrected chi connectivity index (χ4v) is 5.25. The van der Waals surface area contributed by atoms with Crippen molar-refractivity contribution < 1.29 is 9.29 Å². The molecule has 138 valence electrons. The van der Waals surface area contributed by atoms with Gasteiger partial charge in [-0.05, 0) is 24.5 Å². The van der Waals surface area contributed by atoms with E-state index < -0.39 is 11.2 Å². The van der Waals surface area contributed by atoms with E-state index in [1.54, 1.807) is 19.5 Å². The number of hydrogen-bond donors (Lipinski definition) is 1. The van der Waals surface area contributed by atoms with Crippen LogP contribution >= 0.6 is 11.3 Å². The van der Waals surface area contributed by atoms with Crippen LogP contribution in [-0.2, 0) is 15.9 Å². The number of nitrogens with two attached hydrogens (primary N) is 1. The molecule has 8 heteroatoms. The first-order valence-corrected chi connectivity index (χ1v) is 10.4. The number of hydrogen-bond acceptors (Lipinski definition) is 7. The summed E-state index contributed by atoms with van der Waals surface area (Å²) < 4.78 is 18.3. The summed E-state index contributed by atoms with van der Waals surface area (Å²) in [6.07, 6.45) is 3.55. The zero-order valence-corrected chi connectivity index (χ0v) is 16.9. The molecule has 0 aliphatic heterocycles. The Balaban J connectivity index is 2.15. The van der Waals surface area contributed by atoms with Crippen molar-refractivity contribution in [3.8, 4) is 11.3 Å². The lowest BCUT2D eigenvalue weighted by Crippen LogP contribution is -2.11. The number of methoxy groups -OCH3 is 1. The summed E-state index contributed by atoms with van der Waals surface area (Å²) in [5.74, 6) is 1.39. The topological polar surface area (TPSA) is 97.0 Å². The standard InChI is InChI=1S/C18H22N4O2S2/c1-10(2)13-7-14(12-8-20-11(3)21-9-12)22-17-15(13)16(19)18(25-17)26(23)6-5-24-4/h7-10H,5-6,19H2,1-4H3/t26-/m1/s1. The highest BCUT2D eigenvalue weighted by Gasteiger charge is 2.25. The van der Waals surface area contributed by atoms with Crippen LogP contribution < -0.4 is 5.73 Å². The first-order valence-electron chi connectivity index (χ1n) is 8.31. The molecule has 2 N–H and O–H groups in total. The summed E-state index contributed by atoms with van der Waals surface area (Å²) in [5, 5.41) is 0.905. The molecule has 0 unspecified atom stereocenters. The lowest BCUT2D eigenvalue weighted by atomic mass is 9.98. The normalized spacial score (nSPS) is 12.8. The van der Waals surface area contributed by atoms with Crippen LogP contribution in [0.15, 0.2) is 22.7 Å². The molecular formula is C18H22N4O2S2. The minimum Gasteiger partial charge on any atom is -0.611 e. The van der Waals surface area contributed by atoms with Gasteiger partial charge < -0.3 is 15.0 Å². The highest BCUT2D eigenvalue weighted by molar-refractivity contribution is 7.93. The number of anilines is 1. The predicted octanol–water partition coefficient (Wildman–Crippen LogP) is 3.52. The zero-order valence-electron chi connectivity index (χ0n) is 15.3. The zero-order chi connectivity index (χ0) is 18.8. The Bertz CT molecular complexity index is 910. The molecule has 3 aromatic rings. The van der Waals surface area contributed by atoms with E-state index in [1.165, 1.54) is 11.3 Å².